The molecule has 0 fully saturated rings. The van der Waals surface area contributed by atoms with Crippen molar-refractivity contribution < 1.29 is 4.74 Å². The summed E-state index contributed by atoms with van der Waals surface area (Å²) in [4.78, 5) is 0. The summed E-state index contributed by atoms with van der Waals surface area (Å²) in [6.07, 6.45) is 15.8. The van der Waals surface area contributed by atoms with Gasteiger partial charge >= 0.3 is 0 Å². The molecule has 0 aromatic carbocycles. The van der Waals surface area contributed by atoms with E-state index in [-0.39, 0.29) is 0 Å². The Morgan fingerprint density at radius 1 is 0.733 bits per heavy atom. The summed E-state index contributed by atoms with van der Waals surface area (Å²) in [5.74, 6) is 0. The number of ether oxygens (including phenoxy) is 1. The molecule has 0 aromatic heterocycles. The van der Waals surface area contributed by atoms with Crippen LogP contribution in [0.25, 0.3) is 0 Å². The van der Waals surface area contributed by atoms with Gasteiger partial charge in [-0.1, -0.05) is 38.2 Å². The first kappa shape index (κ1) is 14.4. The molecule has 0 saturated carbocycles. The largest absolute Gasteiger partial charge is 0.381 e. The highest BCUT2D eigenvalue weighted by atomic mass is 16.5. The highest BCUT2D eigenvalue weighted by Crippen LogP contribution is 1.97. The molecule has 0 radical (unpaired) electrons. The molecule has 0 unspecified atom stereocenters. The van der Waals surface area contributed by atoms with Gasteiger partial charge in [-0.05, 0) is 38.5 Å². The average molecular weight is 210 g/mol. The van der Waals surface area contributed by atoms with Crippen molar-refractivity contribution >= 4 is 0 Å². The van der Waals surface area contributed by atoms with E-state index in [4.69, 9.17) is 4.74 Å². The smallest absolute Gasteiger partial charge is 0.0468 e. The highest BCUT2D eigenvalue weighted by molar-refractivity contribution is 4.80. The second-order valence-corrected chi connectivity index (χ2v) is 3.66. The lowest BCUT2D eigenvalue weighted by Gasteiger charge is -2.01. The molecule has 0 N–H and O–H groups in total. The predicted octanol–water partition coefficient (Wildman–Crippen LogP) is 4.50. The van der Waals surface area contributed by atoms with Gasteiger partial charge in [0, 0.05) is 13.2 Å². The monoisotopic (exact) mass is 210 g/mol. The normalized spacial score (nSPS) is 11.9. The van der Waals surface area contributed by atoms with Crippen LogP contribution in [0.5, 0.6) is 0 Å². The third-order valence-corrected chi connectivity index (χ3v) is 2.12. The van der Waals surface area contributed by atoms with Gasteiger partial charge in [0.25, 0.3) is 0 Å². The van der Waals surface area contributed by atoms with E-state index < -0.39 is 0 Å². The number of hydrogen-bond acceptors (Lipinski definition) is 1. The van der Waals surface area contributed by atoms with Crippen molar-refractivity contribution in [3.63, 3.8) is 0 Å². The molecular formula is C14H26O. The van der Waals surface area contributed by atoms with Crippen molar-refractivity contribution in [3.05, 3.63) is 24.3 Å². The topological polar surface area (TPSA) is 9.23 Å². The van der Waals surface area contributed by atoms with Crippen LogP contribution in [0.15, 0.2) is 24.3 Å². The lowest BCUT2D eigenvalue weighted by molar-refractivity contribution is 0.130. The maximum Gasteiger partial charge on any atom is 0.0468 e. The fraction of sp³-hybridized carbons (Fsp3) is 0.714. The predicted molar refractivity (Wildman–Crippen MR) is 68.1 cm³/mol. The zero-order valence-corrected chi connectivity index (χ0v) is 10.4. The number of allylic oxidation sites excluding steroid dienone is 4. The zero-order chi connectivity index (χ0) is 11.2. The van der Waals surface area contributed by atoms with Crippen molar-refractivity contribution in [2.24, 2.45) is 0 Å². The summed E-state index contributed by atoms with van der Waals surface area (Å²) >= 11 is 0. The van der Waals surface area contributed by atoms with Crippen LogP contribution in [0.1, 0.15) is 52.4 Å². The molecule has 15 heavy (non-hydrogen) atoms. The minimum Gasteiger partial charge on any atom is -0.381 e. The van der Waals surface area contributed by atoms with Crippen molar-refractivity contribution in [1.82, 2.24) is 0 Å². The van der Waals surface area contributed by atoms with Crippen LogP contribution in [0.4, 0.5) is 0 Å². The Morgan fingerprint density at radius 3 is 1.60 bits per heavy atom. The molecule has 0 aliphatic heterocycles. The molecule has 88 valence electrons. The van der Waals surface area contributed by atoms with E-state index >= 15 is 0 Å². The van der Waals surface area contributed by atoms with Crippen LogP contribution in [-0.2, 0) is 4.74 Å². The second kappa shape index (κ2) is 13.4. The van der Waals surface area contributed by atoms with Crippen LogP contribution in [0.2, 0.25) is 0 Å². The minimum absolute atomic E-state index is 0.908. The first-order valence-corrected chi connectivity index (χ1v) is 6.29. The van der Waals surface area contributed by atoms with E-state index in [0.29, 0.717) is 0 Å². The average Bonchev–Trinajstić information content (AvgIpc) is 2.26. The van der Waals surface area contributed by atoms with Gasteiger partial charge in [-0.25, -0.2) is 0 Å². The Bertz CT molecular complexity index is 141. The minimum atomic E-state index is 0.908. The van der Waals surface area contributed by atoms with E-state index in [1.165, 1.54) is 0 Å². The van der Waals surface area contributed by atoms with Gasteiger partial charge in [-0.3, -0.25) is 0 Å². The maximum atomic E-state index is 5.53. The fourth-order valence-corrected chi connectivity index (χ4v) is 1.28. The third-order valence-electron chi connectivity index (χ3n) is 2.12. The van der Waals surface area contributed by atoms with Gasteiger partial charge in [0.05, 0.1) is 0 Å². The Morgan fingerprint density at radius 2 is 1.20 bits per heavy atom. The van der Waals surface area contributed by atoms with E-state index in [1.54, 1.807) is 0 Å². The molecule has 0 aromatic rings. The standard InChI is InChI=1S/C14H26O/c1-3-5-7-9-11-13-15-14-12-10-8-6-4-2/h5-8H,3-4,9-14H2,1-2H3. The van der Waals surface area contributed by atoms with Gasteiger partial charge in [0.1, 0.15) is 0 Å². The van der Waals surface area contributed by atoms with Crippen molar-refractivity contribution in [1.29, 1.82) is 0 Å². The molecular weight excluding hydrogens is 184 g/mol. The van der Waals surface area contributed by atoms with Gasteiger partial charge in [0.2, 0.25) is 0 Å². The van der Waals surface area contributed by atoms with Crippen molar-refractivity contribution in [2.45, 2.75) is 52.4 Å². The van der Waals surface area contributed by atoms with Gasteiger partial charge in [-0.15, -0.1) is 0 Å². The molecule has 0 aliphatic carbocycles. The van der Waals surface area contributed by atoms with Crippen LogP contribution >= 0.6 is 0 Å². The SMILES string of the molecule is CCC=CCCCOCCCC=CCC. The van der Waals surface area contributed by atoms with Crippen LogP contribution in [0.3, 0.4) is 0 Å². The van der Waals surface area contributed by atoms with Gasteiger partial charge in [-0.2, -0.15) is 0 Å². The maximum absolute atomic E-state index is 5.53. The molecule has 0 bridgehead atoms. The number of unbranched alkanes of at least 4 members (excludes halogenated alkanes) is 2. The summed E-state index contributed by atoms with van der Waals surface area (Å²) < 4.78 is 5.53. The number of rotatable bonds is 10. The number of hydrogen-bond donors (Lipinski definition) is 0. The van der Waals surface area contributed by atoms with E-state index in [2.05, 4.69) is 38.2 Å². The zero-order valence-electron chi connectivity index (χ0n) is 10.4. The molecule has 0 saturated heterocycles. The summed E-state index contributed by atoms with van der Waals surface area (Å²) in [5.41, 5.74) is 0. The lowest BCUT2D eigenvalue weighted by Crippen LogP contribution is -1.95. The molecule has 1 nitrogen and oxygen atoms in total. The Balaban J connectivity index is 2.98. The van der Waals surface area contributed by atoms with Gasteiger partial charge < -0.3 is 4.74 Å². The van der Waals surface area contributed by atoms with Crippen LogP contribution < -0.4 is 0 Å². The molecule has 0 amide bonds. The Hall–Kier alpha value is -0.560. The molecule has 0 aliphatic rings. The Kier molecular flexibility index (Phi) is 12.9. The van der Waals surface area contributed by atoms with Crippen LogP contribution in [0, 0.1) is 0 Å². The quantitative estimate of drug-likeness (QED) is 0.381. The molecule has 0 heterocycles. The summed E-state index contributed by atoms with van der Waals surface area (Å²) in [7, 11) is 0. The molecule has 1 heteroatoms. The van der Waals surface area contributed by atoms with E-state index in [0.717, 1.165) is 51.7 Å². The van der Waals surface area contributed by atoms with E-state index in [1.807, 2.05) is 0 Å². The Labute approximate surface area is 95.2 Å². The first-order valence-electron chi connectivity index (χ1n) is 6.29. The summed E-state index contributed by atoms with van der Waals surface area (Å²) in [6.45, 7) is 6.14. The first-order chi connectivity index (χ1) is 7.41. The summed E-state index contributed by atoms with van der Waals surface area (Å²) in [5, 5.41) is 0. The molecule has 0 rings (SSSR count). The third kappa shape index (κ3) is 13.4. The summed E-state index contributed by atoms with van der Waals surface area (Å²) in [6, 6.07) is 0. The van der Waals surface area contributed by atoms with E-state index in [9.17, 15) is 0 Å². The molecule has 0 spiro atoms. The highest BCUT2D eigenvalue weighted by Gasteiger charge is 1.87. The fourth-order valence-electron chi connectivity index (χ4n) is 1.28. The lowest BCUT2D eigenvalue weighted by atomic mass is 10.2. The second-order valence-electron chi connectivity index (χ2n) is 3.66. The van der Waals surface area contributed by atoms with Crippen molar-refractivity contribution in [2.75, 3.05) is 13.2 Å². The van der Waals surface area contributed by atoms with Crippen LogP contribution in [-0.4, -0.2) is 13.2 Å². The van der Waals surface area contributed by atoms with Crippen molar-refractivity contribution in [3.8, 4) is 0 Å². The van der Waals surface area contributed by atoms with Gasteiger partial charge in [0.15, 0.2) is 0 Å². The molecule has 0 atom stereocenters.